The highest BCUT2D eigenvalue weighted by Gasteiger charge is 2.65. The van der Waals surface area contributed by atoms with Crippen LogP contribution in [0.1, 0.15) is 93.8 Å². The maximum absolute atomic E-state index is 15.6. The van der Waals surface area contributed by atoms with Crippen LogP contribution < -0.4 is 23.7 Å². The number of amides is 1. The number of fused-ring (bicyclic) bond motifs is 3. The number of ether oxygens (including phenoxy) is 6. The molecule has 2 N–H and O–H groups in total. The van der Waals surface area contributed by atoms with Crippen molar-refractivity contribution in [2.24, 2.45) is 22.9 Å². The highest BCUT2D eigenvalue weighted by atomic mass is 16.7. The Kier molecular flexibility index (Phi) is 15.7. The second-order valence-electron chi connectivity index (χ2n) is 18.5. The average Bonchev–Trinajstić information content (AvgIpc) is 3.89. The van der Waals surface area contributed by atoms with Crippen LogP contribution in [0.3, 0.4) is 0 Å². The Labute approximate surface area is 419 Å². The van der Waals surface area contributed by atoms with Crippen molar-refractivity contribution >= 4 is 17.9 Å². The summed E-state index contributed by atoms with van der Waals surface area (Å²) in [6, 6.07) is 34.0. The van der Waals surface area contributed by atoms with Gasteiger partial charge in [0.15, 0.2) is 17.8 Å². The Bertz CT molecular complexity index is 2840. The molecule has 9 rings (SSSR count). The minimum Gasteiger partial charge on any atom is -0.496 e. The van der Waals surface area contributed by atoms with Gasteiger partial charge in [0.1, 0.15) is 35.6 Å². The first-order valence-electron chi connectivity index (χ1n) is 24.6. The first-order chi connectivity index (χ1) is 35.3. The highest BCUT2D eigenvalue weighted by Crippen LogP contribution is 2.62. The van der Waals surface area contributed by atoms with Crippen LogP contribution >= 0.6 is 0 Å². The molecular formula is C58H59N3O11. The van der Waals surface area contributed by atoms with E-state index in [1.54, 1.807) is 53.4 Å². The molecule has 5 aromatic rings. The highest BCUT2D eigenvalue weighted by molar-refractivity contribution is 6.03. The Balaban J connectivity index is 1.26. The van der Waals surface area contributed by atoms with Gasteiger partial charge in [0, 0.05) is 43.2 Å². The zero-order chi connectivity index (χ0) is 50.0. The van der Waals surface area contributed by atoms with E-state index < -0.39 is 17.7 Å². The van der Waals surface area contributed by atoms with Gasteiger partial charge in [-0.15, -0.1) is 6.58 Å². The van der Waals surface area contributed by atoms with Crippen LogP contribution in [0.5, 0.6) is 34.5 Å². The molecule has 14 heteroatoms. The van der Waals surface area contributed by atoms with Gasteiger partial charge in [0.2, 0.25) is 12.6 Å². The third kappa shape index (κ3) is 10.3. The fourth-order valence-corrected chi connectivity index (χ4v) is 10.9. The van der Waals surface area contributed by atoms with Gasteiger partial charge in [-0.05, 0) is 127 Å². The third-order valence-corrected chi connectivity index (χ3v) is 14.1. The number of nitrogens with zero attached hydrogens (tertiary/aromatic N) is 3. The quantitative estimate of drug-likeness (QED) is 0.0291. The minimum atomic E-state index is -1.57. The summed E-state index contributed by atoms with van der Waals surface area (Å²) in [6.45, 7) is 4.61. The maximum Gasteiger partial charge on any atom is 0.254 e. The fraction of sp³-hybridized carbons (Fsp3) is 0.345. The van der Waals surface area contributed by atoms with Gasteiger partial charge in [-0.2, -0.15) is 5.26 Å². The van der Waals surface area contributed by atoms with Crippen LogP contribution in [-0.2, 0) is 22.7 Å². The lowest BCUT2D eigenvalue weighted by atomic mass is 9.55. The number of aliphatic hydroxyl groups is 2. The smallest absolute Gasteiger partial charge is 0.254 e. The van der Waals surface area contributed by atoms with E-state index in [1.807, 2.05) is 66.7 Å². The summed E-state index contributed by atoms with van der Waals surface area (Å²) < 4.78 is 38.2. The van der Waals surface area contributed by atoms with Gasteiger partial charge in [-0.25, -0.2) is 0 Å². The topological polar surface area (TPSA) is 179 Å². The monoisotopic (exact) mass is 973 g/mol. The normalized spacial score (nSPS) is 21.8. The number of nitriles is 1. The maximum atomic E-state index is 15.6. The average molecular weight is 974 g/mol. The first-order valence-corrected chi connectivity index (χ1v) is 24.6. The van der Waals surface area contributed by atoms with E-state index in [4.69, 9.17) is 38.4 Å². The number of rotatable bonds is 22. The van der Waals surface area contributed by atoms with Gasteiger partial charge in [0.25, 0.3) is 5.91 Å². The van der Waals surface area contributed by atoms with Gasteiger partial charge < -0.3 is 48.4 Å². The van der Waals surface area contributed by atoms with E-state index in [0.29, 0.717) is 69.7 Å². The summed E-state index contributed by atoms with van der Waals surface area (Å²) >= 11 is 0. The molecule has 1 amide bonds. The number of methoxy groups -OCH3 is 1. The SMILES string of the molecule is C=CCOC12Oc3ccc(Oc4ccc(OC)c(C=O)c4)cc3C3C(CCCCO)C(CCCCO)C=C(C(=NOCc4ccccc4)CC1N(Cc1ccc4c(c1)OCO4)C(=O)c1ccc(C#N)cc1)C32. The van der Waals surface area contributed by atoms with Crippen molar-refractivity contribution in [2.75, 3.05) is 33.7 Å². The molecule has 0 aromatic heterocycles. The van der Waals surface area contributed by atoms with E-state index in [9.17, 15) is 20.3 Å². The number of hydrogen-bond donors (Lipinski definition) is 2. The molecule has 2 aliphatic heterocycles. The number of oxime groups is 1. The van der Waals surface area contributed by atoms with E-state index in [2.05, 4.69) is 18.7 Å². The Morgan fingerprint density at radius 2 is 1.64 bits per heavy atom. The number of unbranched alkanes of at least 4 members (excludes halogenated alkanes) is 2. The number of aldehydes is 1. The second-order valence-corrected chi connectivity index (χ2v) is 18.5. The van der Waals surface area contributed by atoms with Crippen LogP contribution in [0.2, 0.25) is 0 Å². The molecule has 0 saturated heterocycles. The van der Waals surface area contributed by atoms with Crippen molar-refractivity contribution in [1.29, 1.82) is 5.26 Å². The number of hydrogen-bond acceptors (Lipinski definition) is 13. The molecule has 14 nitrogen and oxygen atoms in total. The lowest BCUT2D eigenvalue weighted by Gasteiger charge is -2.60. The van der Waals surface area contributed by atoms with E-state index in [1.165, 1.54) is 7.11 Å². The summed E-state index contributed by atoms with van der Waals surface area (Å²) in [5, 5.41) is 34.9. The molecule has 0 bridgehead atoms. The molecule has 72 heavy (non-hydrogen) atoms. The van der Waals surface area contributed by atoms with Crippen molar-refractivity contribution in [3.05, 3.63) is 167 Å². The lowest BCUT2D eigenvalue weighted by Crippen LogP contribution is -2.70. The molecular weight excluding hydrogens is 915 g/mol. The molecule has 2 heterocycles. The molecule has 6 atom stereocenters. The first kappa shape index (κ1) is 49.5. The van der Waals surface area contributed by atoms with Crippen molar-refractivity contribution in [2.45, 2.75) is 75.8 Å². The van der Waals surface area contributed by atoms with E-state index in [0.717, 1.165) is 54.2 Å². The van der Waals surface area contributed by atoms with Gasteiger partial charge in [-0.3, -0.25) is 9.59 Å². The molecule has 5 aromatic carbocycles. The molecule has 2 aliphatic carbocycles. The number of allylic oxidation sites excluding steroid dienone is 1. The van der Waals surface area contributed by atoms with Crippen molar-refractivity contribution in [3.8, 4) is 40.6 Å². The fourth-order valence-electron chi connectivity index (χ4n) is 10.9. The van der Waals surface area contributed by atoms with Crippen molar-refractivity contribution in [1.82, 2.24) is 4.90 Å². The van der Waals surface area contributed by atoms with Crippen molar-refractivity contribution < 1.29 is 53.1 Å². The van der Waals surface area contributed by atoms with Crippen LogP contribution in [0.25, 0.3) is 0 Å². The van der Waals surface area contributed by atoms with Gasteiger partial charge in [-0.1, -0.05) is 66.5 Å². The number of benzene rings is 5. The zero-order valence-electron chi connectivity index (χ0n) is 40.3. The lowest BCUT2D eigenvalue weighted by molar-refractivity contribution is -0.255. The van der Waals surface area contributed by atoms with Crippen molar-refractivity contribution in [3.63, 3.8) is 0 Å². The Hall–Kier alpha value is -7.44. The minimum absolute atomic E-state index is 0.0169. The molecule has 372 valence electrons. The number of carbonyl (C=O) groups is 2. The van der Waals surface area contributed by atoms with E-state index in [-0.39, 0.29) is 69.8 Å². The van der Waals surface area contributed by atoms with Crippen LogP contribution in [0.15, 0.2) is 139 Å². The summed E-state index contributed by atoms with van der Waals surface area (Å²) in [5.74, 6) is 0.137. The molecule has 4 aliphatic rings. The number of carbonyl (C=O) groups excluding carboxylic acids is 2. The third-order valence-electron chi connectivity index (χ3n) is 14.1. The largest absolute Gasteiger partial charge is 0.496 e. The molecule has 1 saturated carbocycles. The summed E-state index contributed by atoms with van der Waals surface area (Å²) in [6.07, 6.45) is 9.07. The van der Waals surface area contributed by atoms with Crippen LogP contribution in [0.4, 0.5) is 0 Å². The summed E-state index contributed by atoms with van der Waals surface area (Å²) in [7, 11) is 1.51. The summed E-state index contributed by atoms with van der Waals surface area (Å²) in [5.41, 5.74) is 5.16. The zero-order valence-corrected chi connectivity index (χ0v) is 40.3. The predicted octanol–water partition coefficient (Wildman–Crippen LogP) is 10.1. The molecule has 0 spiro atoms. The number of aliphatic hydroxyl groups excluding tert-OH is 2. The summed E-state index contributed by atoms with van der Waals surface area (Å²) in [4.78, 5) is 35.8. The Morgan fingerprint density at radius 3 is 2.39 bits per heavy atom. The Morgan fingerprint density at radius 1 is 0.889 bits per heavy atom. The van der Waals surface area contributed by atoms with Gasteiger partial charge in [0.05, 0.1) is 42.5 Å². The molecule has 6 unspecified atom stereocenters. The van der Waals surface area contributed by atoms with E-state index >= 15 is 4.79 Å². The second kappa shape index (κ2) is 22.8. The van der Waals surface area contributed by atoms with Crippen LogP contribution in [-0.4, -0.2) is 78.6 Å². The van der Waals surface area contributed by atoms with Gasteiger partial charge >= 0.3 is 0 Å². The molecule has 0 radical (unpaired) electrons. The standard InChI is InChI=1S/C58H59N3O11/c1-3-27-69-58-54(61(57(65)41-18-15-38(33-59)16-19-41)34-40-17-22-52-53(28-40)68-37-67-52)32-49(60-70-36-39-11-5-4-6-12-39)47-30-42(13-7-9-25-62)46(14-8-10-26-63)55(56(47)58)48-31-45(21-24-51(48)72-58)71-44-20-23-50(66-2)43(29-44)35-64/h3-6,11-12,15-24,28-31,35,42,46,54-56,62-63H,1,7-10,13-14,25-27,32,34,36-37H2,2H3. The molecule has 1 fully saturated rings. The van der Waals surface area contributed by atoms with Crippen LogP contribution in [0, 0.1) is 29.1 Å². The predicted molar refractivity (Wildman–Crippen MR) is 268 cm³/mol.